The summed E-state index contributed by atoms with van der Waals surface area (Å²) in [5, 5.41) is 33.0. The van der Waals surface area contributed by atoms with E-state index in [0.29, 0.717) is 29.8 Å². The highest BCUT2D eigenvalue weighted by Crippen LogP contribution is 2.57. The molecule has 2 aliphatic heterocycles. The van der Waals surface area contributed by atoms with Gasteiger partial charge in [0, 0.05) is 42.2 Å². The number of phenols is 2. The number of halogens is 4. The van der Waals surface area contributed by atoms with Crippen LogP contribution in [0.4, 0.5) is 0 Å². The number of rotatable bonds is 8. The number of ether oxygens (including phenoxy) is 4. The number of phenolic OH excluding ortho intramolecular Hbond substituents is 2. The zero-order chi connectivity index (χ0) is 38.6. The molecule has 0 radical (unpaired) electrons. The molecule has 1 spiro atoms. The number of fused-ring (bicyclic) bond motifs is 6. The van der Waals surface area contributed by atoms with Gasteiger partial charge in [-0.05, 0) is 151 Å². The van der Waals surface area contributed by atoms with Gasteiger partial charge >= 0.3 is 17.9 Å². The van der Waals surface area contributed by atoms with Crippen molar-refractivity contribution in [2.45, 2.75) is 25.0 Å². The second-order valence-electron chi connectivity index (χ2n) is 12.1. The molecule has 0 aromatic heterocycles. The minimum atomic E-state index is -1.64. The van der Waals surface area contributed by atoms with Crippen LogP contribution in [0.1, 0.15) is 49.9 Å². The van der Waals surface area contributed by atoms with E-state index in [2.05, 4.69) is 50.5 Å². The van der Waals surface area contributed by atoms with E-state index in [0.717, 1.165) is 12.7 Å². The number of carbonyl (C=O) groups excluding carboxylic acids is 3. The maximum Gasteiger partial charge on any atom is 0.341 e. The number of benzene rings is 5. The number of hydrogen-bond acceptors (Lipinski definition) is 10. The highest BCUT2D eigenvalue weighted by molar-refractivity contribution is 14.1. The maximum absolute atomic E-state index is 13.7. The Kier molecular flexibility index (Phi) is 10.6. The van der Waals surface area contributed by atoms with Crippen molar-refractivity contribution < 1.29 is 53.4 Å². The zero-order valence-electron chi connectivity index (χ0n) is 27.4. The summed E-state index contributed by atoms with van der Waals surface area (Å²) < 4.78 is 27.0. The van der Waals surface area contributed by atoms with Crippen LogP contribution < -0.4 is 19.5 Å². The number of esters is 2. The summed E-state index contributed by atoms with van der Waals surface area (Å²) in [6.07, 6.45) is 0.0789. The molecule has 54 heavy (non-hydrogen) atoms. The van der Waals surface area contributed by atoms with Crippen molar-refractivity contribution >= 4 is 114 Å². The largest absolute Gasteiger partial charge is 0.508 e. The molecular formula is C38H23I4NO11. The first-order valence-electron chi connectivity index (χ1n) is 15.7. The Morgan fingerprint density at radius 2 is 1.46 bits per heavy atom. The molecule has 0 saturated carbocycles. The van der Waals surface area contributed by atoms with Crippen molar-refractivity contribution in [2.75, 3.05) is 0 Å². The number of carboxylic acid groups (broad SMARTS) is 1. The van der Waals surface area contributed by atoms with Crippen molar-refractivity contribution in [1.82, 2.24) is 5.32 Å². The average molecular weight is 1180 g/mol. The van der Waals surface area contributed by atoms with E-state index in [-0.39, 0.29) is 51.9 Å². The quantitative estimate of drug-likeness (QED) is 0.0669. The molecule has 0 saturated heterocycles. The monoisotopic (exact) mass is 1180 g/mol. The van der Waals surface area contributed by atoms with Gasteiger partial charge in [-0.25, -0.2) is 14.4 Å². The molecule has 16 heteroatoms. The van der Waals surface area contributed by atoms with Gasteiger partial charge in [-0.3, -0.25) is 4.79 Å². The molecule has 0 fully saturated rings. The number of amides is 1. The van der Waals surface area contributed by atoms with Crippen LogP contribution in [0.5, 0.6) is 40.2 Å². The van der Waals surface area contributed by atoms with Gasteiger partial charge in [0.05, 0.1) is 25.4 Å². The van der Waals surface area contributed by atoms with E-state index in [1.165, 1.54) is 49.4 Å². The summed E-state index contributed by atoms with van der Waals surface area (Å²) >= 11 is 8.34. The van der Waals surface area contributed by atoms with E-state index in [9.17, 15) is 34.5 Å². The summed E-state index contributed by atoms with van der Waals surface area (Å²) in [5.74, 6) is -1.89. The van der Waals surface area contributed by atoms with Crippen molar-refractivity contribution in [1.29, 1.82) is 0 Å². The maximum atomic E-state index is 13.7. The van der Waals surface area contributed by atoms with Gasteiger partial charge in [0.15, 0.2) is 11.4 Å². The van der Waals surface area contributed by atoms with Crippen LogP contribution >= 0.6 is 90.4 Å². The first kappa shape index (κ1) is 38.4. The fraction of sp³-hybridized carbons (Fsp3) is 0.105. The number of aromatic hydroxyl groups is 2. The van der Waals surface area contributed by atoms with Crippen LogP contribution in [0.25, 0.3) is 0 Å². The van der Waals surface area contributed by atoms with Gasteiger partial charge in [0.2, 0.25) is 5.91 Å². The fourth-order valence-corrected chi connectivity index (χ4v) is 10.2. The molecule has 0 aliphatic carbocycles. The van der Waals surface area contributed by atoms with Crippen molar-refractivity contribution in [2.24, 2.45) is 0 Å². The summed E-state index contributed by atoms with van der Waals surface area (Å²) in [5.41, 5.74) is -0.309. The smallest absolute Gasteiger partial charge is 0.341 e. The third kappa shape index (κ3) is 7.04. The lowest BCUT2D eigenvalue weighted by Gasteiger charge is -2.36. The van der Waals surface area contributed by atoms with Gasteiger partial charge in [-0.2, -0.15) is 0 Å². The van der Waals surface area contributed by atoms with Crippen molar-refractivity contribution in [3.63, 3.8) is 0 Å². The van der Waals surface area contributed by atoms with Crippen LogP contribution in [0, 0.1) is 14.3 Å². The topological polar surface area (TPSA) is 178 Å². The molecule has 2 atom stereocenters. The predicted octanol–water partition coefficient (Wildman–Crippen LogP) is 8.23. The van der Waals surface area contributed by atoms with Gasteiger partial charge in [0.1, 0.15) is 40.5 Å². The summed E-state index contributed by atoms with van der Waals surface area (Å²) in [6, 6.07) is 19.2. The molecule has 0 bridgehead atoms. The summed E-state index contributed by atoms with van der Waals surface area (Å²) in [7, 11) is 0. The van der Waals surface area contributed by atoms with Crippen LogP contribution in [0.2, 0.25) is 0 Å². The van der Waals surface area contributed by atoms with Gasteiger partial charge < -0.3 is 39.6 Å². The van der Waals surface area contributed by atoms with Crippen LogP contribution in [-0.4, -0.2) is 45.2 Å². The molecule has 4 N–H and O–H groups in total. The molecule has 1 unspecified atom stereocenters. The standard InChI is InChI=1S/C38H23I4NO11/c1-16(44)43-29(11-17-9-27(41)34(28(42)10-17)51-20-13-25(39)33(46)26(40)14-20)36(49)52-19-6-8-23-31(15-19)53-30-12-18(45)5-7-22(30)38(23)24-4-2-3-21(35(47)48)32(24)37(50)54-38/h2-10,12-15,29,45-46H,11H2,1H3,(H,43,44)(H,47,48)/t29-,38?/m0/s1. The highest BCUT2D eigenvalue weighted by Gasteiger charge is 2.54. The minimum absolute atomic E-state index is 0.0442. The SMILES string of the molecule is CC(=O)N[C@@H](Cc1cc(I)c(Oc2cc(I)c(O)c(I)c2)c(I)c1)C(=O)Oc1ccc2c(c1)Oc1cc(O)ccc1C21OC(=O)c2c(C(=O)O)cccc21. The number of nitrogens with one attached hydrogen (secondary N) is 1. The molecule has 7 rings (SSSR count). The van der Waals surface area contributed by atoms with Gasteiger partial charge in [-0.15, -0.1) is 0 Å². The summed E-state index contributed by atoms with van der Waals surface area (Å²) in [4.78, 5) is 51.4. The lowest BCUT2D eigenvalue weighted by molar-refractivity contribution is -0.139. The third-order valence-corrected chi connectivity index (χ3v) is 11.9. The van der Waals surface area contributed by atoms with Crippen LogP contribution in [0.3, 0.4) is 0 Å². The van der Waals surface area contributed by atoms with E-state index in [1.54, 1.807) is 24.3 Å². The van der Waals surface area contributed by atoms with E-state index < -0.39 is 35.5 Å². The van der Waals surface area contributed by atoms with Gasteiger partial charge in [-0.1, -0.05) is 12.1 Å². The molecule has 1 amide bonds. The van der Waals surface area contributed by atoms with E-state index in [4.69, 9.17) is 18.9 Å². The molecule has 274 valence electrons. The number of hydrogen-bond donors (Lipinski definition) is 4. The lowest BCUT2D eigenvalue weighted by Crippen LogP contribution is -2.43. The molecule has 5 aromatic carbocycles. The Hall–Kier alpha value is -3.90. The van der Waals surface area contributed by atoms with E-state index >= 15 is 0 Å². The highest BCUT2D eigenvalue weighted by atomic mass is 127. The number of carbonyl (C=O) groups is 4. The Morgan fingerprint density at radius 3 is 2.11 bits per heavy atom. The second-order valence-corrected chi connectivity index (χ2v) is 16.8. The van der Waals surface area contributed by atoms with E-state index in [1.807, 2.05) is 57.3 Å². The van der Waals surface area contributed by atoms with Crippen molar-refractivity contribution in [3.05, 3.63) is 127 Å². The molecular weight excluding hydrogens is 1150 g/mol. The van der Waals surface area contributed by atoms with Crippen molar-refractivity contribution in [3.8, 4) is 40.2 Å². The summed E-state index contributed by atoms with van der Waals surface area (Å²) in [6.45, 7) is 1.29. The first-order valence-corrected chi connectivity index (χ1v) is 20.1. The molecule has 12 nitrogen and oxygen atoms in total. The predicted molar refractivity (Wildman–Crippen MR) is 226 cm³/mol. The Bertz CT molecular complexity index is 2410. The fourth-order valence-electron chi connectivity index (χ4n) is 6.39. The van der Waals surface area contributed by atoms with Crippen LogP contribution in [-0.2, 0) is 26.3 Å². The van der Waals surface area contributed by atoms with Gasteiger partial charge in [0.25, 0.3) is 0 Å². The number of carboxylic acids is 1. The van der Waals surface area contributed by atoms with Crippen LogP contribution in [0.15, 0.2) is 78.9 Å². The second kappa shape index (κ2) is 15.0. The average Bonchev–Trinajstić information content (AvgIpc) is 3.40. The normalized spacial score (nSPS) is 15.6. The Labute approximate surface area is 361 Å². The molecule has 2 heterocycles. The Morgan fingerprint density at radius 1 is 0.815 bits per heavy atom. The zero-order valence-corrected chi connectivity index (χ0v) is 36.0. The molecule has 2 aliphatic rings. The first-order chi connectivity index (χ1) is 25.7. The minimum Gasteiger partial charge on any atom is -0.508 e. The molecule has 5 aromatic rings. The lowest BCUT2D eigenvalue weighted by atomic mass is 9.77. The number of aromatic carboxylic acids is 1. The Balaban J connectivity index is 1.19. The third-order valence-electron chi connectivity index (χ3n) is 8.61.